The Bertz CT molecular complexity index is 313. The highest BCUT2D eigenvalue weighted by molar-refractivity contribution is 6.31. The predicted octanol–water partition coefficient (Wildman–Crippen LogP) is 2.04. The number of nitrogen functional groups attached to an aromatic ring is 1. The monoisotopic (exact) mass is 211 g/mol. The summed E-state index contributed by atoms with van der Waals surface area (Å²) in [5.74, 6) is -1.27. The van der Waals surface area contributed by atoms with Crippen LogP contribution in [0.1, 0.15) is 11.5 Å². The highest BCUT2D eigenvalue weighted by Crippen LogP contribution is 2.29. The van der Waals surface area contributed by atoms with Gasteiger partial charge in [-0.15, -0.1) is 0 Å². The number of aromatic nitrogens is 2. The van der Waals surface area contributed by atoms with Gasteiger partial charge in [-0.1, -0.05) is 11.6 Å². The van der Waals surface area contributed by atoms with Crippen molar-refractivity contribution in [3.05, 3.63) is 16.7 Å². The van der Waals surface area contributed by atoms with Crippen LogP contribution in [0.5, 0.6) is 0 Å². The van der Waals surface area contributed by atoms with Crippen molar-refractivity contribution in [2.75, 3.05) is 5.73 Å². The van der Waals surface area contributed by atoms with Gasteiger partial charge in [0, 0.05) is 0 Å². The first-order valence-electron chi connectivity index (χ1n) is 3.19. The van der Waals surface area contributed by atoms with Crippen LogP contribution in [0.15, 0.2) is 0 Å². The van der Waals surface area contributed by atoms with Crippen molar-refractivity contribution in [3.8, 4) is 0 Å². The average Bonchev–Trinajstić information content (AvgIpc) is 1.97. The number of nitrogens with two attached hydrogens (primary N) is 1. The van der Waals surface area contributed by atoms with Gasteiger partial charge in [-0.2, -0.15) is 13.2 Å². The Morgan fingerprint density at radius 2 is 1.85 bits per heavy atom. The molecule has 0 saturated carbocycles. The number of hydrogen-bond acceptors (Lipinski definition) is 3. The molecule has 0 aliphatic carbocycles. The molecule has 3 nitrogen and oxygen atoms in total. The van der Waals surface area contributed by atoms with Crippen LogP contribution in [-0.4, -0.2) is 9.97 Å². The molecular formula is C6H5ClF3N3. The first kappa shape index (κ1) is 10.0. The normalized spacial score (nSPS) is 11.8. The third-order valence-corrected chi connectivity index (χ3v) is 1.63. The highest BCUT2D eigenvalue weighted by Gasteiger charge is 2.35. The highest BCUT2D eigenvalue weighted by atomic mass is 35.5. The predicted molar refractivity (Wildman–Crippen MR) is 41.2 cm³/mol. The quantitative estimate of drug-likeness (QED) is 0.668. The van der Waals surface area contributed by atoms with Crippen LogP contribution in [0.2, 0.25) is 5.15 Å². The van der Waals surface area contributed by atoms with E-state index >= 15 is 0 Å². The lowest BCUT2D eigenvalue weighted by Crippen LogP contribution is -2.13. The van der Waals surface area contributed by atoms with Gasteiger partial charge in [0.1, 0.15) is 0 Å². The van der Waals surface area contributed by atoms with E-state index in [9.17, 15) is 13.2 Å². The van der Waals surface area contributed by atoms with Crippen molar-refractivity contribution in [2.24, 2.45) is 0 Å². The Labute approximate surface area is 76.7 Å². The number of aryl methyl sites for hydroxylation is 1. The lowest BCUT2D eigenvalue weighted by Gasteiger charge is -2.07. The zero-order valence-electron chi connectivity index (χ0n) is 6.48. The largest absolute Gasteiger partial charge is 0.451 e. The van der Waals surface area contributed by atoms with E-state index in [-0.39, 0.29) is 16.5 Å². The molecule has 0 radical (unpaired) electrons. The maximum Gasteiger partial charge on any atom is 0.451 e. The van der Waals surface area contributed by atoms with Gasteiger partial charge in [0.15, 0.2) is 5.15 Å². The molecule has 0 aliphatic rings. The van der Waals surface area contributed by atoms with Crippen LogP contribution in [0.25, 0.3) is 0 Å². The van der Waals surface area contributed by atoms with Gasteiger partial charge in [0.05, 0.1) is 11.4 Å². The summed E-state index contributed by atoms with van der Waals surface area (Å²) in [5.41, 5.74) is 5.26. The molecule has 0 amide bonds. The van der Waals surface area contributed by atoms with Crippen molar-refractivity contribution < 1.29 is 13.2 Å². The van der Waals surface area contributed by atoms with Crippen LogP contribution in [0.4, 0.5) is 18.9 Å². The second-order valence-corrected chi connectivity index (χ2v) is 2.69. The topological polar surface area (TPSA) is 51.8 Å². The summed E-state index contributed by atoms with van der Waals surface area (Å²) in [6.45, 7) is 1.33. The van der Waals surface area contributed by atoms with E-state index in [0.29, 0.717) is 0 Å². The van der Waals surface area contributed by atoms with E-state index in [1.807, 2.05) is 0 Å². The molecule has 0 aromatic carbocycles. The van der Waals surface area contributed by atoms with Crippen LogP contribution < -0.4 is 5.73 Å². The van der Waals surface area contributed by atoms with Crippen molar-refractivity contribution in [1.82, 2.24) is 9.97 Å². The van der Waals surface area contributed by atoms with Crippen molar-refractivity contribution in [2.45, 2.75) is 13.1 Å². The number of halogens is 4. The molecule has 0 aliphatic heterocycles. The molecule has 1 aromatic heterocycles. The van der Waals surface area contributed by atoms with Gasteiger partial charge in [-0.25, -0.2) is 9.97 Å². The lowest BCUT2D eigenvalue weighted by molar-refractivity contribution is -0.145. The fraction of sp³-hybridized carbons (Fsp3) is 0.333. The van der Waals surface area contributed by atoms with E-state index in [1.165, 1.54) is 6.92 Å². The standard InChI is InChI=1S/C6H5ClF3N3/c1-2-3(11)4(7)13-5(12-2)6(8,9)10/h11H2,1H3. The maximum atomic E-state index is 12.1. The van der Waals surface area contributed by atoms with Gasteiger partial charge in [-0.05, 0) is 6.92 Å². The summed E-state index contributed by atoms with van der Waals surface area (Å²) in [7, 11) is 0. The Hall–Kier alpha value is -1.04. The molecule has 7 heteroatoms. The number of alkyl halides is 3. The molecule has 72 valence electrons. The Morgan fingerprint density at radius 1 is 1.31 bits per heavy atom. The van der Waals surface area contributed by atoms with E-state index in [0.717, 1.165) is 0 Å². The molecule has 0 saturated heterocycles. The number of hydrogen-bond donors (Lipinski definition) is 1. The summed E-state index contributed by atoms with van der Waals surface area (Å²) >= 11 is 5.35. The van der Waals surface area contributed by atoms with E-state index < -0.39 is 12.0 Å². The van der Waals surface area contributed by atoms with Crippen molar-refractivity contribution in [1.29, 1.82) is 0 Å². The smallest absolute Gasteiger partial charge is 0.395 e. The number of rotatable bonds is 0. The van der Waals surface area contributed by atoms with Gasteiger partial charge < -0.3 is 5.73 Å². The SMILES string of the molecule is Cc1nc(C(F)(F)F)nc(Cl)c1N. The second-order valence-electron chi connectivity index (χ2n) is 2.33. The van der Waals surface area contributed by atoms with E-state index in [1.54, 1.807) is 0 Å². The average molecular weight is 212 g/mol. The Morgan fingerprint density at radius 3 is 2.23 bits per heavy atom. The zero-order chi connectivity index (χ0) is 10.2. The van der Waals surface area contributed by atoms with E-state index in [2.05, 4.69) is 9.97 Å². The Balaban J connectivity index is 3.29. The summed E-state index contributed by atoms with van der Waals surface area (Å²) < 4.78 is 36.2. The summed E-state index contributed by atoms with van der Waals surface area (Å²) in [6.07, 6.45) is -4.60. The molecule has 0 fully saturated rings. The first-order valence-corrected chi connectivity index (χ1v) is 3.57. The zero-order valence-corrected chi connectivity index (χ0v) is 7.24. The van der Waals surface area contributed by atoms with Gasteiger partial charge >= 0.3 is 6.18 Å². The molecule has 0 spiro atoms. The summed E-state index contributed by atoms with van der Waals surface area (Å²) in [4.78, 5) is 6.17. The van der Waals surface area contributed by atoms with Crippen molar-refractivity contribution >= 4 is 17.3 Å². The van der Waals surface area contributed by atoms with Gasteiger partial charge in [-0.3, -0.25) is 0 Å². The van der Waals surface area contributed by atoms with Crippen LogP contribution in [0.3, 0.4) is 0 Å². The molecule has 1 heterocycles. The third kappa shape index (κ3) is 2.00. The van der Waals surface area contributed by atoms with Crippen LogP contribution >= 0.6 is 11.6 Å². The summed E-state index contributed by atoms with van der Waals surface area (Å²) in [5, 5.41) is -0.375. The second kappa shape index (κ2) is 3.02. The molecule has 0 atom stereocenters. The molecule has 2 N–H and O–H groups in total. The van der Waals surface area contributed by atoms with Gasteiger partial charge in [0.2, 0.25) is 5.82 Å². The van der Waals surface area contributed by atoms with E-state index in [4.69, 9.17) is 17.3 Å². The molecule has 0 unspecified atom stereocenters. The molecule has 13 heavy (non-hydrogen) atoms. The maximum absolute atomic E-state index is 12.1. The molecule has 1 aromatic rings. The summed E-state index contributed by atoms with van der Waals surface area (Å²) in [6, 6.07) is 0. The fourth-order valence-electron chi connectivity index (χ4n) is 0.673. The van der Waals surface area contributed by atoms with Gasteiger partial charge in [0.25, 0.3) is 0 Å². The van der Waals surface area contributed by atoms with Crippen LogP contribution in [0, 0.1) is 6.92 Å². The first-order chi connectivity index (χ1) is 5.82. The van der Waals surface area contributed by atoms with Crippen molar-refractivity contribution in [3.63, 3.8) is 0 Å². The minimum absolute atomic E-state index is 0.0207. The molecular weight excluding hydrogens is 207 g/mol. The Kier molecular flexibility index (Phi) is 2.34. The fourth-order valence-corrected chi connectivity index (χ4v) is 0.890. The molecule has 1 rings (SSSR count). The number of nitrogens with zero attached hydrogens (tertiary/aromatic N) is 2. The minimum atomic E-state index is -4.60. The minimum Gasteiger partial charge on any atom is -0.395 e. The molecule has 0 bridgehead atoms. The van der Waals surface area contributed by atoms with Crippen LogP contribution in [-0.2, 0) is 6.18 Å². The lowest BCUT2D eigenvalue weighted by atomic mass is 10.4. The number of anilines is 1. The third-order valence-electron chi connectivity index (χ3n) is 1.34.